The highest BCUT2D eigenvalue weighted by atomic mass is 16.5. The maximum Gasteiger partial charge on any atom is 0.182 e. The van der Waals surface area contributed by atoms with E-state index in [0.29, 0.717) is 42.7 Å². The number of Topliss-reactive ketones (excluding diaryl/α,β-unsaturated/α-hetero) is 1. The minimum atomic E-state index is -0.317. The molecular weight excluding hydrogens is 428 g/mol. The molecule has 6 heteroatoms. The molecule has 0 spiro atoms. The van der Waals surface area contributed by atoms with Gasteiger partial charge in [-0.1, -0.05) is 41.5 Å². The molecule has 1 heterocycles. The molecule has 0 aliphatic carbocycles. The lowest BCUT2D eigenvalue weighted by molar-refractivity contribution is 0.0962. The first-order valence-corrected chi connectivity index (χ1v) is 12.0. The molecule has 6 nitrogen and oxygen atoms in total. The van der Waals surface area contributed by atoms with Crippen LogP contribution in [0.3, 0.4) is 0 Å². The first-order valence-electron chi connectivity index (χ1n) is 12.0. The number of benzene rings is 2. The third-order valence-electron chi connectivity index (χ3n) is 6.08. The lowest BCUT2D eigenvalue weighted by Crippen LogP contribution is -2.30. The van der Waals surface area contributed by atoms with E-state index in [4.69, 9.17) is 14.9 Å². The third-order valence-corrected chi connectivity index (χ3v) is 6.08. The van der Waals surface area contributed by atoms with Gasteiger partial charge in [-0.05, 0) is 54.5 Å². The molecule has 3 rings (SSSR count). The van der Waals surface area contributed by atoms with Crippen LogP contribution in [0.4, 0.5) is 0 Å². The number of ether oxygens (including phenoxy) is 2. The predicted octanol–water partition coefficient (Wildman–Crippen LogP) is 5.81. The summed E-state index contributed by atoms with van der Waals surface area (Å²) in [6.07, 6.45) is 0. The van der Waals surface area contributed by atoms with E-state index in [1.165, 1.54) is 0 Å². The summed E-state index contributed by atoms with van der Waals surface area (Å²) in [7, 11) is 0. The Hall–Kier alpha value is -3.02. The van der Waals surface area contributed by atoms with Crippen molar-refractivity contribution in [3.8, 4) is 17.2 Å². The summed E-state index contributed by atoms with van der Waals surface area (Å²) >= 11 is 0. The number of aromatic hydroxyl groups is 1. The molecular formula is C28H38N2O4. The highest BCUT2D eigenvalue weighted by Crippen LogP contribution is 2.40. The smallest absolute Gasteiger partial charge is 0.182 e. The molecule has 0 fully saturated rings. The number of amidine groups is 1. The molecule has 2 aromatic carbocycles. The molecule has 2 N–H and O–H groups in total. The fourth-order valence-electron chi connectivity index (χ4n) is 4.28. The Kier molecular flexibility index (Phi) is 7.02. The van der Waals surface area contributed by atoms with Gasteiger partial charge in [-0.15, -0.1) is 0 Å². The fourth-order valence-corrected chi connectivity index (χ4v) is 4.28. The first-order chi connectivity index (χ1) is 15.8. The van der Waals surface area contributed by atoms with Gasteiger partial charge in [-0.3, -0.25) is 10.2 Å². The number of carbonyl (C=O) groups is 1. The number of phenolic OH excluding ortho intramolecular Hbond substituents is 1. The van der Waals surface area contributed by atoms with E-state index in [9.17, 15) is 9.90 Å². The standard InChI is InChI=1S/C28H38N2O4/c1-9-33-23-13-18-15-30(26(29)19(18)14-24(23)34-10-2)16-22(31)17-11-20(27(3,4)5)25(32)21(12-17)28(6,7)8/h11-14,29,32H,9-10,15-16H2,1-8H3. The Balaban J connectivity index is 1.93. The van der Waals surface area contributed by atoms with Gasteiger partial charge in [-0.2, -0.15) is 0 Å². The summed E-state index contributed by atoms with van der Waals surface area (Å²) < 4.78 is 11.5. The Morgan fingerprint density at radius 3 is 1.91 bits per heavy atom. The van der Waals surface area contributed by atoms with Crippen molar-refractivity contribution in [3.63, 3.8) is 0 Å². The first kappa shape index (κ1) is 25.6. The van der Waals surface area contributed by atoms with Gasteiger partial charge in [-0.25, -0.2) is 0 Å². The topological polar surface area (TPSA) is 82.9 Å². The van der Waals surface area contributed by atoms with Crippen LogP contribution in [0, 0.1) is 5.41 Å². The highest BCUT2D eigenvalue weighted by Gasteiger charge is 2.31. The van der Waals surface area contributed by atoms with Gasteiger partial charge in [0.1, 0.15) is 11.6 Å². The molecule has 2 aromatic rings. The fraction of sp³-hybridized carbons (Fsp3) is 0.500. The maximum atomic E-state index is 13.4. The van der Waals surface area contributed by atoms with Gasteiger partial charge in [0.15, 0.2) is 17.3 Å². The van der Waals surface area contributed by atoms with Crippen molar-refractivity contribution in [3.05, 3.63) is 52.1 Å². The maximum absolute atomic E-state index is 13.4. The zero-order valence-electron chi connectivity index (χ0n) is 21.8. The van der Waals surface area contributed by atoms with Crippen molar-refractivity contribution in [2.24, 2.45) is 0 Å². The van der Waals surface area contributed by atoms with E-state index in [-0.39, 0.29) is 28.9 Å². The lowest BCUT2D eigenvalue weighted by atomic mass is 9.78. The summed E-state index contributed by atoms with van der Waals surface area (Å²) in [6.45, 7) is 17.6. The lowest BCUT2D eigenvalue weighted by Gasteiger charge is -2.28. The largest absolute Gasteiger partial charge is 0.507 e. The van der Waals surface area contributed by atoms with E-state index in [0.717, 1.165) is 22.3 Å². The Bertz CT molecular complexity index is 1070. The van der Waals surface area contributed by atoms with Gasteiger partial charge >= 0.3 is 0 Å². The van der Waals surface area contributed by atoms with Crippen LogP contribution in [0.5, 0.6) is 17.2 Å². The minimum Gasteiger partial charge on any atom is -0.507 e. The Labute approximate surface area is 203 Å². The molecule has 0 atom stereocenters. The number of rotatable bonds is 7. The number of phenols is 1. The molecule has 0 aromatic heterocycles. The number of nitrogens with one attached hydrogen (secondary N) is 1. The second kappa shape index (κ2) is 9.32. The molecule has 0 amide bonds. The zero-order valence-corrected chi connectivity index (χ0v) is 21.8. The highest BCUT2D eigenvalue weighted by molar-refractivity contribution is 6.05. The SMILES string of the molecule is CCOc1cc2c(cc1OCC)C(=N)N(CC(=O)c1cc(C(C)(C)C)c(O)c(C(C)(C)C)c1)C2. The van der Waals surface area contributed by atoms with Gasteiger partial charge in [0.05, 0.1) is 19.8 Å². The Morgan fingerprint density at radius 1 is 0.941 bits per heavy atom. The van der Waals surface area contributed by atoms with Crippen molar-refractivity contribution in [1.29, 1.82) is 5.41 Å². The number of hydrogen-bond donors (Lipinski definition) is 2. The second-order valence-corrected chi connectivity index (χ2v) is 10.9. The van der Waals surface area contributed by atoms with Crippen molar-refractivity contribution in [2.45, 2.75) is 72.8 Å². The summed E-state index contributed by atoms with van der Waals surface area (Å²) in [5, 5.41) is 19.7. The van der Waals surface area contributed by atoms with Gasteiger partial charge in [0, 0.05) is 28.8 Å². The van der Waals surface area contributed by atoms with Crippen molar-refractivity contribution in [1.82, 2.24) is 4.90 Å². The molecule has 0 radical (unpaired) electrons. The van der Waals surface area contributed by atoms with Crippen LogP contribution in [0.15, 0.2) is 24.3 Å². The van der Waals surface area contributed by atoms with E-state index < -0.39 is 0 Å². The predicted molar refractivity (Wildman–Crippen MR) is 136 cm³/mol. The van der Waals surface area contributed by atoms with Crippen LogP contribution in [-0.2, 0) is 17.4 Å². The summed E-state index contributed by atoms with van der Waals surface area (Å²) in [4.78, 5) is 15.2. The number of fused-ring (bicyclic) bond motifs is 1. The van der Waals surface area contributed by atoms with Crippen molar-refractivity contribution >= 4 is 11.6 Å². The molecule has 0 unspecified atom stereocenters. The molecule has 0 bridgehead atoms. The van der Waals surface area contributed by atoms with Gasteiger partial charge < -0.3 is 19.5 Å². The number of hydrogen-bond acceptors (Lipinski definition) is 5. The third kappa shape index (κ3) is 5.06. The molecule has 1 aliphatic heterocycles. The van der Waals surface area contributed by atoms with E-state index in [2.05, 4.69) is 0 Å². The molecule has 184 valence electrons. The van der Waals surface area contributed by atoms with E-state index in [1.54, 1.807) is 17.0 Å². The van der Waals surface area contributed by atoms with Crippen LogP contribution in [0.1, 0.15) is 88.0 Å². The summed E-state index contributed by atoms with van der Waals surface area (Å²) in [6, 6.07) is 7.37. The number of ketones is 1. The number of nitrogens with zero attached hydrogens (tertiary/aromatic N) is 1. The van der Waals surface area contributed by atoms with Crippen LogP contribution in [-0.4, -0.2) is 41.4 Å². The summed E-state index contributed by atoms with van der Waals surface area (Å²) in [5.41, 5.74) is 3.14. The average Bonchev–Trinajstić information content (AvgIpc) is 3.01. The molecule has 0 saturated carbocycles. The number of carbonyl (C=O) groups excluding carboxylic acids is 1. The van der Waals surface area contributed by atoms with Crippen LogP contribution in [0.25, 0.3) is 0 Å². The van der Waals surface area contributed by atoms with Crippen molar-refractivity contribution < 1.29 is 19.4 Å². The second-order valence-electron chi connectivity index (χ2n) is 10.9. The van der Waals surface area contributed by atoms with Crippen LogP contribution >= 0.6 is 0 Å². The van der Waals surface area contributed by atoms with E-state index in [1.807, 2.05) is 67.5 Å². The quantitative estimate of drug-likeness (QED) is 0.503. The molecule has 34 heavy (non-hydrogen) atoms. The average molecular weight is 467 g/mol. The Morgan fingerprint density at radius 2 is 1.44 bits per heavy atom. The summed E-state index contributed by atoms with van der Waals surface area (Å²) in [5.74, 6) is 1.75. The monoisotopic (exact) mass is 466 g/mol. The van der Waals surface area contributed by atoms with Crippen molar-refractivity contribution in [2.75, 3.05) is 19.8 Å². The van der Waals surface area contributed by atoms with Crippen LogP contribution < -0.4 is 9.47 Å². The van der Waals surface area contributed by atoms with E-state index >= 15 is 0 Å². The minimum absolute atomic E-state index is 0.0800. The normalized spacial score (nSPS) is 13.8. The molecule has 1 aliphatic rings. The molecule has 0 saturated heterocycles. The van der Waals surface area contributed by atoms with Gasteiger partial charge in [0.2, 0.25) is 0 Å². The van der Waals surface area contributed by atoms with Crippen LogP contribution in [0.2, 0.25) is 0 Å². The van der Waals surface area contributed by atoms with Gasteiger partial charge in [0.25, 0.3) is 0 Å². The zero-order chi connectivity index (χ0) is 25.4.